The maximum Gasteiger partial charge on any atom is 0.271 e. The first-order chi connectivity index (χ1) is 21.9. The van der Waals surface area contributed by atoms with E-state index in [0.29, 0.717) is 40.2 Å². The van der Waals surface area contributed by atoms with E-state index in [4.69, 9.17) is 14.5 Å². The van der Waals surface area contributed by atoms with E-state index in [-0.39, 0.29) is 18.3 Å². The molecule has 1 fully saturated rings. The van der Waals surface area contributed by atoms with Gasteiger partial charge in [-0.25, -0.2) is 9.38 Å². The van der Waals surface area contributed by atoms with Crippen molar-refractivity contribution in [3.8, 4) is 11.5 Å². The van der Waals surface area contributed by atoms with Gasteiger partial charge in [-0.15, -0.1) is 6.58 Å². The summed E-state index contributed by atoms with van der Waals surface area (Å²) in [5.74, 6) is 0.568. The number of rotatable bonds is 12. The van der Waals surface area contributed by atoms with Crippen LogP contribution in [0.25, 0.3) is 6.08 Å². The Morgan fingerprint density at radius 2 is 1.58 bits per heavy atom. The largest absolute Gasteiger partial charge is 0.490 e. The number of anilines is 1. The molecule has 0 radical (unpaired) electrons. The summed E-state index contributed by atoms with van der Waals surface area (Å²) in [5, 5.41) is 0.584. The number of allylic oxidation sites excluding steroid dienone is 1. The number of amidine groups is 1. The van der Waals surface area contributed by atoms with Gasteiger partial charge in [0.2, 0.25) is 0 Å². The number of amides is 1. The number of hydrogen-bond donors (Lipinski definition) is 0. The number of ether oxygens (including phenoxy) is 2. The number of aryl methyl sites for hydroxylation is 2. The van der Waals surface area contributed by atoms with E-state index < -0.39 is 0 Å². The van der Waals surface area contributed by atoms with Crippen LogP contribution in [-0.2, 0) is 30.7 Å². The lowest BCUT2D eigenvalue weighted by atomic mass is 10.0. The van der Waals surface area contributed by atoms with Crippen molar-refractivity contribution in [3.05, 3.63) is 136 Å². The molecular formula is C38H37FN2O3S. The molecule has 1 amide bonds. The first-order valence-electron chi connectivity index (χ1n) is 15.2. The molecule has 0 atom stereocenters. The number of carbonyl (C=O) groups excluding carboxylic acids is 1. The van der Waals surface area contributed by atoms with E-state index in [1.165, 1.54) is 29.0 Å². The molecule has 0 spiro atoms. The van der Waals surface area contributed by atoms with Crippen LogP contribution in [0.5, 0.6) is 11.5 Å². The molecule has 0 unspecified atom stereocenters. The van der Waals surface area contributed by atoms with Gasteiger partial charge in [0, 0.05) is 11.1 Å². The van der Waals surface area contributed by atoms with E-state index in [1.807, 2.05) is 61.5 Å². The molecule has 1 saturated heterocycles. The molecule has 0 saturated carbocycles. The molecular weight excluding hydrogens is 583 g/mol. The average Bonchev–Trinajstić information content (AvgIpc) is 3.35. The fourth-order valence-electron chi connectivity index (χ4n) is 4.99. The Labute approximate surface area is 269 Å². The van der Waals surface area contributed by atoms with Crippen molar-refractivity contribution in [1.29, 1.82) is 0 Å². The Kier molecular flexibility index (Phi) is 10.5. The van der Waals surface area contributed by atoms with Crippen LogP contribution in [0.15, 0.2) is 107 Å². The summed E-state index contributed by atoms with van der Waals surface area (Å²) < 4.78 is 26.5. The molecule has 1 aliphatic rings. The molecule has 0 bridgehead atoms. The van der Waals surface area contributed by atoms with Crippen molar-refractivity contribution in [1.82, 2.24) is 0 Å². The van der Waals surface area contributed by atoms with Crippen LogP contribution in [0.4, 0.5) is 15.8 Å². The third-order valence-corrected chi connectivity index (χ3v) is 8.39. The molecule has 5 nitrogen and oxygen atoms in total. The molecule has 45 heavy (non-hydrogen) atoms. The topological polar surface area (TPSA) is 51.1 Å². The maximum absolute atomic E-state index is 14.3. The predicted molar refractivity (Wildman–Crippen MR) is 184 cm³/mol. The number of halogens is 1. The molecule has 7 heteroatoms. The molecule has 4 aromatic rings. The van der Waals surface area contributed by atoms with Crippen LogP contribution in [0, 0.1) is 5.82 Å². The fraction of sp³-hybridized carbons (Fsp3) is 0.211. The summed E-state index contributed by atoms with van der Waals surface area (Å²) >= 11 is 1.34. The molecule has 0 aliphatic carbocycles. The lowest BCUT2D eigenvalue weighted by molar-refractivity contribution is -0.113. The van der Waals surface area contributed by atoms with E-state index >= 15 is 0 Å². The first-order valence-corrected chi connectivity index (χ1v) is 16.0. The Morgan fingerprint density at radius 3 is 2.22 bits per heavy atom. The molecule has 4 aromatic carbocycles. The van der Waals surface area contributed by atoms with Crippen LogP contribution in [0.1, 0.15) is 48.6 Å². The summed E-state index contributed by atoms with van der Waals surface area (Å²) in [7, 11) is 0. The average molecular weight is 621 g/mol. The predicted octanol–water partition coefficient (Wildman–Crippen LogP) is 9.47. The van der Waals surface area contributed by atoms with E-state index in [9.17, 15) is 9.18 Å². The zero-order valence-electron chi connectivity index (χ0n) is 25.9. The molecule has 0 N–H and O–H groups in total. The van der Waals surface area contributed by atoms with Crippen molar-refractivity contribution in [2.45, 2.75) is 46.6 Å². The minimum Gasteiger partial charge on any atom is -0.490 e. The Hall–Kier alpha value is -4.62. The summed E-state index contributed by atoms with van der Waals surface area (Å²) in [6.07, 6.45) is 6.00. The highest BCUT2D eigenvalue weighted by Gasteiger charge is 2.35. The normalized spacial score (nSPS) is 14.8. The van der Waals surface area contributed by atoms with E-state index in [0.717, 1.165) is 35.3 Å². The third kappa shape index (κ3) is 7.55. The third-order valence-electron chi connectivity index (χ3n) is 7.42. The Morgan fingerprint density at radius 1 is 0.889 bits per heavy atom. The van der Waals surface area contributed by atoms with Gasteiger partial charge in [-0.05, 0) is 103 Å². The van der Waals surface area contributed by atoms with Gasteiger partial charge in [0.05, 0.1) is 22.9 Å². The van der Waals surface area contributed by atoms with Crippen LogP contribution < -0.4 is 14.4 Å². The number of aliphatic imine (C=N–C) groups is 1. The van der Waals surface area contributed by atoms with Crippen molar-refractivity contribution >= 4 is 40.3 Å². The van der Waals surface area contributed by atoms with Crippen molar-refractivity contribution in [2.24, 2.45) is 4.99 Å². The van der Waals surface area contributed by atoms with Gasteiger partial charge in [0.25, 0.3) is 5.91 Å². The zero-order chi connectivity index (χ0) is 31.8. The van der Waals surface area contributed by atoms with Crippen molar-refractivity contribution < 1.29 is 18.7 Å². The lowest BCUT2D eigenvalue weighted by Gasteiger charge is -2.17. The molecule has 1 heterocycles. The van der Waals surface area contributed by atoms with Crippen LogP contribution in [-0.4, -0.2) is 17.7 Å². The quantitative estimate of drug-likeness (QED) is 0.117. The minimum atomic E-state index is -0.327. The number of hydrogen-bond acceptors (Lipinski definition) is 5. The Balaban J connectivity index is 1.53. The first kappa shape index (κ1) is 31.8. The molecule has 1 aliphatic heterocycles. The number of carbonyl (C=O) groups is 1. The monoisotopic (exact) mass is 620 g/mol. The van der Waals surface area contributed by atoms with Crippen molar-refractivity contribution in [2.75, 3.05) is 11.5 Å². The number of benzene rings is 4. The molecule has 5 rings (SSSR count). The minimum absolute atomic E-state index is 0.0521. The summed E-state index contributed by atoms with van der Waals surface area (Å²) in [4.78, 5) is 21.1. The molecule has 0 aromatic heterocycles. The van der Waals surface area contributed by atoms with E-state index in [2.05, 4.69) is 32.6 Å². The fourth-order valence-corrected chi connectivity index (χ4v) is 5.99. The maximum atomic E-state index is 14.3. The Bertz CT molecular complexity index is 1730. The van der Waals surface area contributed by atoms with Gasteiger partial charge < -0.3 is 9.47 Å². The smallest absolute Gasteiger partial charge is 0.271 e. The lowest BCUT2D eigenvalue weighted by Crippen LogP contribution is -2.28. The second-order valence-electron chi connectivity index (χ2n) is 10.5. The van der Waals surface area contributed by atoms with Crippen LogP contribution in [0.3, 0.4) is 0 Å². The zero-order valence-corrected chi connectivity index (χ0v) is 26.7. The van der Waals surface area contributed by atoms with E-state index in [1.54, 1.807) is 29.2 Å². The van der Waals surface area contributed by atoms with Gasteiger partial charge in [0.1, 0.15) is 12.4 Å². The molecule has 230 valence electrons. The van der Waals surface area contributed by atoms with Gasteiger partial charge in [0.15, 0.2) is 16.7 Å². The van der Waals surface area contributed by atoms with Gasteiger partial charge >= 0.3 is 0 Å². The number of thioether (sulfide) groups is 1. The highest BCUT2D eigenvalue weighted by Crippen LogP contribution is 2.40. The SMILES string of the molecule is C=CCc1cc(/C=C2\SC(=Nc3ccc(CC)cc3)N(c3ccc(CC)cc3)C2=O)cc(OCC)c1OCc1ccccc1F. The summed E-state index contributed by atoms with van der Waals surface area (Å²) in [6.45, 7) is 10.5. The summed E-state index contributed by atoms with van der Waals surface area (Å²) in [5.41, 5.74) is 6.01. The van der Waals surface area contributed by atoms with Gasteiger partial charge in [-0.3, -0.25) is 9.69 Å². The standard InChI is InChI=1S/C38H37FN2O3S/c1-5-11-29-22-28(23-34(43-8-4)36(29)44-25-30-12-9-10-13-33(30)39)24-35-37(42)41(32-20-16-27(7-3)17-21-32)38(45-35)40-31-18-14-26(6-2)15-19-31/h5,9-10,12-24H,1,6-8,11,25H2,2-4H3/b35-24-,40-38?. The van der Waals surface area contributed by atoms with Crippen LogP contribution >= 0.6 is 11.8 Å². The van der Waals surface area contributed by atoms with Crippen LogP contribution in [0.2, 0.25) is 0 Å². The van der Waals surface area contributed by atoms with Gasteiger partial charge in [-0.2, -0.15) is 0 Å². The van der Waals surface area contributed by atoms with Gasteiger partial charge in [-0.1, -0.05) is 62.4 Å². The highest BCUT2D eigenvalue weighted by molar-refractivity contribution is 8.19. The number of nitrogens with zero attached hydrogens (tertiary/aromatic N) is 2. The van der Waals surface area contributed by atoms with Crippen molar-refractivity contribution in [3.63, 3.8) is 0 Å². The second kappa shape index (κ2) is 14.9. The summed E-state index contributed by atoms with van der Waals surface area (Å²) in [6, 6.07) is 26.4. The second-order valence-corrected chi connectivity index (χ2v) is 11.5. The highest BCUT2D eigenvalue weighted by atomic mass is 32.2.